The van der Waals surface area contributed by atoms with Crippen molar-refractivity contribution in [3.05, 3.63) is 28.0 Å². The Labute approximate surface area is 114 Å². The van der Waals surface area contributed by atoms with E-state index in [1.54, 1.807) is 6.92 Å². The second-order valence-corrected chi connectivity index (χ2v) is 4.67. The molecule has 7 heteroatoms. The van der Waals surface area contributed by atoms with E-state index in [2.05, 4.69) is 10.3 Å². The van der Waals surface area contributed by atoms with Crippen LogP contribution in [0.3, 0.4) is 0 Å². The van der Waals surface area contributed by atoms with Crippen LogP contribution in [-0.4, -0.2) is 28.5 Å². The molecular formula is C11H12Cl2N2O3. The van der Waals surface area contributed by atoms with Crippen molar-refractivity contribution in [3.8, 4) is 0 Å². The van der Waals surface area contributed by atoms with Crippen LogP contribution in [0.2, 0.25) is 10.2 Å². The summed E-state index contributed by atoms with van der Waals surface area (Å²) in [5.41, 5.74) is 0.284. The Hall–Kier alpha value is -1.33. The van der Waals surface area contributed by atoms with Gasteiger partial charge in [0, 0.05) is 19.2 Å². The summed E-state index contributed by atoms with van der Waals surface area (Å²) in [6.07, 6.45) is 1.31. The SMILES string of the molecule is CC(CNC(=O)c1cnc(Cl)c(Cl)c1)CC(=O)O. The summed E-state index contributed by atoms with van der Waals surface area (Å²) in [4.78, 5) is 25.9. The normalized spacial score (nSPS) is 11.9. The number of carboxylic acids is 1. The molecule has 5 nitrogen and oxygen atoms in total. The summed E-state index contributed by atoms with van der Waals surface area (Å²) >= 11 is 11.4. The van der Waals surface area contributed by atoms with E-state index < -0.39 is 5.97 Å². The largest absolute Gasteiger partial charge is 0.481 e. The van der Waals surface area contributed by atoms with Gasteiger partial charge in [0.2, 0.25) is 0 Å². The molecule has 2 N–H and O–H groups in total. The first kappa shape index (κ1) is 14.7. The topological polar surface area (TPSA) is 79.3 Å². The van der Waals surface area contributed by atoms with E-state index in [-0.39, 0.29) is 40.5 Å². The van der Waals surface area contributed by atoms with Crippen molar-refractivity contribution in [1.29, 1.82) is 0 Å². The molecule has 0 aliphatic rings. The van der Waals surface area contributed by atoms with Crippen LogP contribution >= 0.6 is 23.2 Å². The van der Waals surface area contributed by atoms with Gasteiger partial charge in [0.05, 0.1) is 10.6 Å². The van der Waals surface area contributed by atoms with Gasteiger partial charge in [0.25, 0.3) is 5.91 Å². The van der Waals surface area contributed by atoms with Crippen LogP contribution in [0.4, 0.5) is 0 Å². The molecular weight excluding hydrogens is 279 g/mol. The zero-order valence-electron chi connectivity index (χ0n) is 9.61. The molecule has 0 saturated carbocycles. The van der Waals surface area contributed by atoms with E-state index in [0.29, 0.717) is 0 Å². The molecule has 0 aromatic carbocycles. The molecule has 0 aliphatic heterocycles. The third-order valence-corrected chi connectivity index (χ3v) is 2.88. The van der Waals surface area contributed by atoms with E-state index in [4.69, 9.17) is 28.3 Å². The fraction of sp³-hybridized carbons (Fsp3) is 0.364. The number of rotatable bonds is 5. The Morgan fingerprint density at radius 2 is 2.17 bits per heavy atom. The molecule has 0 fully saturated rings. The highest BCUT2D eigenvalue weighted by atomic mass is 35.5. The quantitative estimate of drug-likeness (QED) is 0.815. The predicted molar refractivity (Wildman–Crippen MR) is 68.0 cm³/mol. The third-order valence-electron chi connectivity index (χ3n) is 2.19. The molecule has 1 amide bonds. The van der Waals surface area contributed by atoms with E-state index in [9.17, 15) is 9.59 Å². The maximum atomic E-state index is 11.7. The van der Waals surface area contributed by atoms with Gasteiger partial charge in [-0.05, 0) is 12.0 Å². The van der Waals surface area contributed by atoms with Gasteiger partial charge in [-0.3, -0.25) is 9.59 Å². The van der Waals surface area contributed by atoms with Gasteiger partial charge >= 0.3 is 5.97 Å². The number of aromatic nitrogens is 1. The number of carbonyl (C=O) groups is 2. The minimum Gasteiger partial charge on any atom is -0.481 e. The average molecular weight is 291 g/mol. The number of hydrogen-bond acceptors (Lipinski definition) is 3. The zero-order chi connectivity index (χ0) is 13.7. The first-order chi connectivity index (χ1) is 8.40. The number of amides is 1. The molecule has 0 aliphatic carbocycles. The first-order valence-corrected chi connectivity index (χ1v) is 5.96. The lowest BCUT2D eigenvalue weighted by atomic mass is 10.1. The van der Waals surface area contributed by atoms with E-state index in [1.807, 2.05) is 0 Å². The van der Waals surface area contributed by atoms with Crippen LogP contribution in [0.1, 0.15) is 23.7 Å². The number of carbonyl (C=O) groups excluding carboxylic acids is 1. The van der Waals surface area contributed by atoms with Gasteiger partial charge in [-0.2, -0.15) is 0 Å². The molecule has 1 aromatic heterocycles. The molecule has 0 spiro atoms. The van der Waals surface area contributed by atoms with Crippen LogP contribution in [0, 0.1) is 5.92 Å². The maximum Gasteiger partial charge on any atom is 0.303 e. The molecule has 0 radical (unpaired) electrons. The summed E-state index contributed by atoms with van der Waals surface area (Å²) in [7, 11) is 0. The van der Waals surface area contributed by atoms with Crippen LogP contribution in [0.25, 0.3) is 0 Å². The van der Waals surface area contributed by atoms with E-state index in [0.717, 1.165) is 0 Å². The Morgan fingerprint density at radius 1 is 1.50 bits per heavy atom. The van der Waals surface area contributed by atoms with Gasteiger partial charge in [0.1, 0.15) is 5.15 Å². The zero-order valence-corrected chi connectivity index (χ0v) is 11.1. The molecule has 1 rings (SSSR count). The van der Waals surface area contributed by atoms with E-state index >= 15 is 0 Å². The summed E-state index contributed by atoms with van der Waals surface area (Å²) in [6.45, 7) is 2.01. The molecule has 1 unspecified atom stereocenters. The van der Waals surface area contributed by atoms with Gasteiger partial charge in [-0.15, -0.1) is 0 Å². The molecule has 0 bridgehead atoms. The highest BCUT2D eigenvalue weighted by molar-refractivity contribution is 6.41. The number of nitrogens with zero attached hydrogens (tertiary/aromatic N) is 1. The Kier molecular flexibility index (Phi) is 5.37. The number of nitrogens with one attached hydrogen (secondary N) is 1. The fourth-order valence-corrected chi connectivity index (χ4v) is 1.55. The minimum atomic E-state index is -0.895. The predicted octanol–water partition coefficient (Wildman–Crippen LogP) is 2.23. The summed E-state index contributed by atoms with van der Waals surface area (Å²) in [5, 5.41) is 11.5. The lowest BCUT2D eigenvalue weighted by Crippen LogP contribution is -2.29. The van der Waals surface area contributed by atoms with Crippen molar-refractivity contribution >= 4 is 35.1 Å². The summed E-state index contributed by atoms with van der Waals surface area (Å²) < 4.78 is 0. The van der Waals surface area contributed by atoms with Crippen molar-refractivity contribution in [1.82, 2.24) is 10.3 Å². The molecule has 1 heterocycles. The molecule has 1 atom stereocenters. The van der Waals surface area contributed by atoms with Crippen LogP contribution in [0.15, 0.2) is 12.3 Å². The smallest absolute Gasteiger partial charge is 0.303 e. The fourth-order valence-electron chi connectivity index (χ4n) is 1.28. The average Bonchev–Trinajstić information content (AvgIpc) is 2.28. The molecule has 98 valence electrons. The summed E-state index contributed by atoms with van der Waals surface area (Å²) in [5.74, 6) is -1.41. The monoisotopic (exact) mass is 290 g/mol. The van der Waals surface area contributed by atoms with Crippen LogP contribution in [0.5, 0.6) is 0 Å². The molecule has 0 saturated heterocycles. The number of halogens is 2. The Bertz CT molecular complexity index is 466. The van der Waals surface area contributed by atoms with Crippen LogP contribution < -0.4 is 5.32 Å². The van der Waals surface area contributed by atoms with Crippen molar-refractivity contribution in [2.24, 2.45) is 5.92 Å². The summed E-state index contributed by atoms with van der Waals surface area (Å²) in [6, 6.07) is 1.41. The lowest BCUT2D eigenvalue weighted by Gasteiger charge is -2.10. The number of aliphatic carboxylic acids is 1. The van der Waals surface area contributed by atoms with Crippen molar-refractivity contribution < 1.29 is 14.7 Å². The highest BCUT2D eigenvalue weighted by Crippen LogP contribution is 2.19. The number of hydrogen-bond donors (Lipinski definition) is 2. The van der Waals surface area contributed by atoms with Crippen molar-refractivity contribution in [2.45, 2.75) is 13.3 Å². The van der Waals surface area contributed by atoms with E-state index in [1.165, 1.54) is 12.3 Å². The van der Waals surface area contributed by atoms with Crippen LogP contribution in [-0.2, 0) is 4.79 Å². The second-order valence-electron chi connectivity index (χ2n) is 3.91. The van der Waals surface area contributed by atoms with Gasteiger partial charge in [-0.1, -0.05) is 30.1 Å². The number of pyridine rings is 1. The standard InChI is InChI=1S/C11H12Cl2N2O3/c1-6(2-9(16)17)4-15-11(18)7-3-8(12)10(13)14-5-7/h3,5-6H,2,4H2,1H3,(H,15,18)(H,16,17). The molecule has 18 heavy (non-hydrogen) atoms. The van der Waals surface area contributed by atoms with Gasteiger partial charge < -0.3 is 10.4 Å². The maximum absolute atomic E-state index is 11.7. The second kappa shape index (κ2) is 6.56. The molecule has 1 aromatic rings. The van der Waals surface area contributed by atoms with Crippen molar-refractivity contribution in [2.75, 3.05) is 6.54 Å². The van der Waals surface area contributed by atoms with Gasteiger partial charge in [0.15, 0.2) is 0 Å². The van der Waals surface area contributed by atoms with Gasteiger partial charge in [-0.25, -0.2) is 4.98 Å². The Morgan fingerprint density at radius 3 is 2.72 bits per heavy atom. The lowest BCUT2D eigenvalue weighted by molar-refractivity contribution is -0.137. The highest BCUT2D eigenvalue weighted by Gasteiger charge is 2.12. The minimum absolute atomic E-state index is 0.0000952. The first-order valence-electron chi connectivity index (χ1n) is 5.21. The van der Waals surface area contributed by atoms with Crippen molar-refractivity contribution in [3.63, 3.8) is 0 Å². The third kappa shape index (κ3) is 4.50. The Balaban J connectivity index is 2.55. The number of carboxylic acid groups (broad SMARTS) is 1.